The Kier molecular flexibility index (Phi) is 3.19. The first kappa shape index (κ1) is 10.1. The highest BCUT2D eigenvalue weighted by Crippen LogP contribution is 2.34. The molecule has 74 valence electrons. The Bertz CT molecular complexity index is 345. The zero-order chi connectivity index (χ0) is 9.97. The molecule has 1 aliphatic rings. The van der Waals surface area contributed by atoms with Gasteiger partial charge in [0.2, 0.25) is 0 Å². The summed E-state index contributed by atoms with van der Waals surface area (Å²) in [6.45, 7) is 2.24. The Morgan fingerprint density at radius 3 is 2.50 bits per heavy atom. The maximum Gasteiger partial charge on any atom is 0.0406 e. The van der Waals surface area contributed by atoms with E-state index in [1.165, 1.54) is 17.7 Å². The van der Waals surface area contributed by atoms with Crippen LogP contribution in [-0.2, 0) is 0 Å². The summed E-state index contributed by atoms with van der Waals surface area (Å²) in [5.74, 6) is 1.12. The second-order valence-corrected chi connectivity index (χ2v) is 5.11. The molecule has 2 heteroatoms. The van der Waals surface area contributed by atoms with E-state index in [-0.39, 0.29) is 0 Å². The molecular weight excluding hydrogens is 212 g/mol. The second kappa shape index (κ2) is 4.41. The van der Waals surface area contributed by atoms with Crippen LogP contribution in [0.2, 0.25) is 5.02 Å². The monoisotopic (exact) mass is 224 g/mol. The molecule has 0 heterocycles. The molecule has 2 rings (SSSR count). The first-order valence-electron chi connectivity index (χ1n) is 4.81. The van der Waals surface area contributed by atoms with Crippen LogP contribution in [0, 0.1) is 0 Å². The van der Waals surface area contributed by atoms with Gasteiger partial charge in [0.1, 0.15) is 0 Å². The van der Waals surface area contributed by atoms with Gasteiger partial charge >= 0.3 is 0 Å². The third kappa shape index (κ3) is 2.79. The molecule has 0 N–H and O–H groups in total. The molecule has 0 amide bonds. The smallest absolute Gasteiger partial charge is 0.0406 e. The van der Waals surface area contributed by atoms with Gasteiger partial charge in [-0.3, -0.25) is 0 Å². The molecule has 0 radical (unpaired) electrons. The van der Waals surface area contributed by atoms with Gasteiger partial charge in [0.25, 0.3) is 0 Å². The molecule has 0 saturated heterocycles. The van der Waals surface area contributed by atoms with Gasteiger partial charge in [-0.05, 0) is 44.0 Å². The van der Waals surface area contributed by atoms with Crippen LogP contribution in [0.1, 0.15) is 19.8 Å². The normalized spacial score (nSPS) is 14.3. The van der Waals surface area contributed by atoms with E-state index in [4.69, 9.17) is 11.6 Å². The Morgan fingerprint density at radius 2 is 1.93 bits per heavy atom. The van der Waals surface area contributed by atoms with Crippen molar-refractivity contribution in [2.45, 2.75) is 24.7 Å². The highest BCUT2D eigenvalue weighted by atomic mass is 35.5. The number of halogens is 1. The fourth-order valence-electron chi connectivity index (χ4n) is 1.31. The van der Waals surface area contributed by atoms with Gasteiger partial charge in [-0.1, -0.05) is 22.7 Å². The Balaban J connectivity index is 1.92. The van der Waals surface area contributed by atoms with Crippen molar-refractivity contribution in [2.75, 3.05) is 5.75 Å². The largest absolute Gasteiger partial charge is 0.122 e. The molecule has 14 heavy (non-hydrogen) atoms. The lowest BCUT2D eigenvalue weighted by Crippen LogP contribution is -1.81. The summed E-state index contributed by atoms with van der Waals surface area (Å²) in [6, 6.07) is 8.06. The quantitative estimate of drug-likeness (QED) is 0.537. The predicted octanol–water partition coefficient (Wildman–Crippen LogP) is 4.54. The Morgan fingerprint density at radius 1 is 1.29 bits per heavy atom. The molecule has 0 aliphatic heterocycles. The van der Waals surface area contributed by atoms with E-state index in [2.05, 4.69) is 19.1 Å². The second-order valence-electron chi connectivity index (χ2n) is 3.63. The standard InChI is InChI=1S/C12H13ClS/c1-9(10-2-3-10)8-14-12-6-4-11(13)5-7-12/h4-7H,2-3,8H2,1H3. The summed E-state index contributed by atoms with van der Waals surface area (Å²) in [7, 11) is 0. The molecule has 1 aromatic rings. The zero-order valence-corrected chi connectivity index (χ0v) is 9.79. The SMILES string of the molecule is CC(CSc1ccc(Cl)cc1)=C1CC1. The van der Waals surface area contributed by atoms with E-state index in [1.54, 1.807) is 11.1 Å². The summed E-state index contributed by atoms with van der Waals surface area (Å²) >= 11 is 7.71. The molecular formula is C12H13ClS. The number of hydrogen-bond donors (Lipinski definition) is 0. The number of allylic oxidation sites excluding steroid dienone is 1. The average Bonchev–Trinajstić information content (AvgIpc) is 3.00. The van der Waals surface area contributed by atoms with Crippen molar-refractivity contribution in [3.8, 4) is 0 Å². The highest BCUT2D eigenvalue weighted by molar-refractivity contribution is 7.99. The molecule has 1 aliphatic carbocycles. The summed E-state index contributed by atoms with van der Waals surface area (Å²) in [5, 5.41) is 0.812. The van der Waals surface area contributed by atoms with Crippen molar-refractivity contribution >= 4 is 23.4 Å². The van der Waals surface area contributed by atoms with Crippen LogP contribution in [0.4, 0.5) is 0 Å². The topological polar surface area (TPSA) is 0 Å². The van der Waals surface area contributed by atoms with E-state index in [1.807, 2.05) is 23.9 Å². The minimum Gasteiger partial charge on any atom is -0.122 e. The maximum atomic E-state index is 5.82. The van der Waals surface area contributed by atoms with Crippen molar-refractivity contribution in [1.29, 1.82) is 0 Å². The van der Waals surface area contributed by atoms with Gasteiger partial charge in [0, 0.05) is 15.7 Å². The molecule has 1 aromatic carbocycles. The average molecular weight is 225 g/mol. The molecule has 1 fully saturated rings. The van der Waals surface area contributed by atoms with E-state index >= 15 is 0 Å². The van der Waals surface area contributed by atoms with Crippen molar-refractivity contribution in [3.05, 3.63) is 40.4 Å². The molecule has 0 bridgehead atoms. The van der Waals surface area contributed by atoms with Crippen LogP contribution < -0.4 is 0 Å². The van der Waals surface area contributed by atoms with Crippen LogP contribution in [0.15, 0.2) is 40.3 Å². The molecule has 0 atom stereocenters. The van der Waals surface area contributed by atoms with Crippen LogP contribution >= 0.6 is 23.4 Å². The van der Waals surface area contributed by atoms with E-state index in [0.717, 1.165) is 10.8 Å². The fourth-order valence-corrected chi connectivity index (χ4v) is 2.36. The zero-order valence-electron chi connectivity index (χ0n) is 8.22. The van der Waals surface area contributed by atoms with Gasteiger partial charge in [-0.25, -0.2) is 0 Å². The molecule has 0 nitrogen and oxygen atoms in total. The summed E-state index contributed by atoms with van der Waals surface area (Å²) < 4.78 is 0. The van der Waals surface area contributed by atoms with Crippen molar-refractivity contribution in [3.63, 3.8) is 0 Å². The Hall–Kier alpha value is -0.400. The summed E-state index contributed by atoms with van der Waals surface area (Å²) in [4.78, 5) is 1.30. The first-order valence-corrected chi connectivity index (χ1v) is 6.18. The molecule has 0 unspecified atom stereocenters. The minimum atomic E-state index is 0.812. The predicted molar refractivity (Wildman–Crippen MR) is 64.1 cm³/mol. The van der Waals surface area contributed by atoms with E-state index in [0.29, 0.717) is 0 Å². The van der Waals surface area contributed by atoms with Crippen LogP contribution in [0.5, 0.6) is 0 Å². The maximum absolute atomic E-state index is 5.82. The van der Waals surface area contributed by atoms with Gasteiger partial charge in [-0.2, -0.15) is 0 Å². The van der Waals surface area contributed by atoms with Gasteiger partial charge in [0.05, 0.1) is 0 Å². The Labute approximate surface area is 94.4 Å². The highest BCUT2D eigenvalue weighted by Gasteiger charge is 2.14. The van der Waals surface area contributed by atoms with E-state index < -0.39 is 0 Å². The lowest BCUT2D eigenvalue weighted by atomic mass is 10.3. The fraction of sp³-hybridized carbons (Fsp3) is 0.333. The third-order valence-corrected chi connectivity index (χ3v) is 3.81. The van der Waals surface area contributed by atoms with E-state index in [9.17, 15) is 0 Å². The van der Waals surface area contributed by atoms with Gasteiger partial charge in [-0.15, -0.1) is 11.8 Å². The number of hydrogen-bond acceptors (Lipinski definition) is 1. The van der Waals surface area contributed by atoms with Gasteiger partial charge < -0.3 is 0 Å². The summed E-state index contributed by atoms with van der Waals surface area (Å²) in [6.07, 6.45) is 2.65. The van der Waals surface area contributed by atoms with Crippen molar-refractivity contribution in [1.82, 2.24) is 0 Å². The lowest BCUT2D eigenvalue weighted by molar-refractivity contribution is 1.36. The third-order valence-electron chi connectivity index (χ3n) is 2.37. The molecule has 1 saturated carbocycles. The lowest BCUT2D eigenvalue weighted by Gasteiger charge is -2.01. The van der Waals surface area contributed by atoms with Crippen molar-refractivity contribution < 1.29 is 0 Å². The molecule has 0 aromatic heterocycles. The number of thioether (sulfide) groups is 1. The van der Waals surface area contributed by atoms with Crippen LogP contribution in [0.3, 0.4) is 0 Å². The van der Waals surface area contributed by atoms with Crippen LogP contribution in [0.25, 0.3) is 0 Å². The first-order chi connectivity index (χ1) is 6.75. The number of rotatable bonds is 3. The minimum absolute atomic E-state index is 0.812. The molecule has 0 spiro atoms. The summed E-state index contributed by atoms with van der Waals surface area (Å²) in [5.41, 5.74) is 3.22. The van der Waals surface area contributed by atoms with Gasteiger partial charge in [0.15, 0.2) is 0 Å². The van der Waals surface area contributed by atoms with Crippen LogP contribution in [-0.4, -0.2) is 5.75 Å². The van der Waals surface area contributed by atoms with Crippen molar-refractivity contribution in [2.24, 2.45) is 0 Å². The number of benzene rings is 1.